The number of carbonyl (C=O) groups excluding carboxylic acids is 1. The van der Waals surface area contributed by atoms with Gasteiger partial charge in [0.05, 0.1) is 0 Å². The smallest absolute Gasteiger partial charge is 0.396 e. The summed E-state index contributed by atoms with van der Waals surface area (Å²) in [6.45, 7) is 0. The number of rotatable bonds is 2. The molecule has 2 nitrogen and oxygen atoms in total. The van der Waals surface area contributed by atoms with E-state index in [0.29, 0.717) is 12.8 Å². The molecule has 2 rings (SSSR count). The van der Waals surface area contributed by atoms with Gasteiger partial charge in [0.2, 0.25) is 0 Å². The molecular formula is C11H9BrF2O2. The van der Waals surface area contributed by atoms with E-state index in [9.17, 15) is 13.6 Å². The van der Waals surface area contributed by atoms with E-state index in [0.717, 1.165) is 11.1 Å². The van der Waals surface area contributed by atoms with Gasteiger partial charge in [-0.25, -0.2) is 4.79 Å². The summed E-state index contributed by atoms with van der Waals surface area (Å²) < 4.78 is 29.8. The number of carbonyl (C=O) groups is 1. The molecule has 86 valence electrons. The van der Waals surface area contributed by atoms with Gasteiger partial charge in [-0.05, 0) is 11.1 Å². The number of halogens is 3. The van der Waals surface area contributed by atoms with Gasteiger partial charge >= 0.3 is 10.8 Å². The average molecular weight is 291 g/mol. The van der Waals surface area contributed by atoms with E-state index in [4.69, 9.17) is 4.74 Å². The zero-order chi connectivity index (χ0) is 11.8. The third kappa shape index (κ3) is 2.40. The Morgan fingerprint density at radius 3 is 2.25 bits per heavy atom. The van der Waals surface area contributed by atoms with E-state index in [1.165, 1.54) is 0 Å². The van der Waals surface area contributed by atoms with Crippen molar-refractivity contribution in [1.29, 1.82) is 0 Å². The topological polar surface area (TPSA) is 26.3 Å². The van der Waals surface area contributed by atoms with Crippen molar-refractivity contribution in [2.45, 2.75) is 23.8 Å². The molecule has 1 aliphatic carbocycles. The summed E-state index contributed by atoms with van der Waals surface area (Å²) in [7, 11) is 0. The molecule has 0 saturated heterocycles. The van der Waals surface area contributed by atoms with E-state index in [1.807, 2.05) is 40.2 Å². The van der Waals surface area contributed by atoms with Crippen molar-refractivity contribution in [1.82, 2.24) is 0 Å². The Hall–Kier alpha value is -0.970. The first-order chi connectivity index (χ1) is 7.47. The van der Waals surface area contributed by atoms with Crippen molar-refractivity contribution in [2.75, 3.05) is 0 Å². The molecule has 0 saturated carbocycles. The van der Waals surface area contributed by atoms with E-state index in [-0.39, 0.29) is 0 Å². The predicted octanol–water partition coefficient (Wildman–Crippen LogP) is 2.68. The van der Waals surface area contributed by atoms with E-state index in [1.54, 1.807) is 0 Å². The normalized spacial score (nSPS) is 15.9. The molecule has 0 unspecified atom stereocenters. The maximum absolute atomic E-state index is 12.5. The first-order valence-electron chi connectivity index (χ1n) is 4.81. The summed E-state index contributed by atoms with van der Waals surface area (Å²) in [5.41, 5.74) is 2.11. The molecule has 0 aliphatic heterocycles. The monoisotopic (exact) mass is 290 g/mol. The van der Waals surface area contributed by atoms with Crippen molar-refractivity contribution in [3.8, 4) is 0 Å². The Labute approximate surface area is 99.7 Å². The van der Waals surface area contributed by atoms with Crippen LogP contribution in [0.5, 0.6) is 0 Å². The second kappa shape index (κ2) is 4.13. The third-order valence-electron chi connectivity index (χ3n) is 2.52. The fourth-order valence-electron chi connectivity index (χ4n) is 1.82. The number of ether oxygens (including phenoxy) is 1. The molecule has 1 aliphatic rings. The molecule has 0 fully saturated rings. The summed E-state index contributed by atoms with van der Waals surface area (Å²) >= 11 is 1.98. The summed E-state index contributed by atoms with van der Waals surface area (Å²) in [5, 5.41) is 0. The Balaban J connectivity index is 2.00. The van der Waals surface area contributed by atoms with Crippen LogP contribution < -0.4 is 0 Å². The zero-order valence-electron chi connectivity index (χ0n) is 8.25. The lowest BCUT2D eigenvalue weighted by Gasteiger charge is -2.13. The minimum absolute atomic E-state index is 0.478. The number of hydrogen-bond acceptors (Lipinski definition) is 2. The van der Waals surface area contributed by atoms with Gasteiger partial charge in [0.25, 0.3) is 0 Å². The van der Waals surface area contributed by atoms with Crippen LogP contribution in [-0.4, -0.2) is 16.9 Å². The maximum atomic E-state index is 12.5. The molecule has 0 spiro atoms. The molecule has 0 bridgehead atoms. The lowest BCUT2D eigenvalue weighted by molar-refractivity contribution is -0.164. The number of esters is 1. The molecule has 0 aromatic heterocycles. The molecule has 0 radical (unpaired) electrons. The van der Waals surface area contributed by atoms with Crippen LogP contribution in [0.25, 0.3) is 0 Å². The molecule has 1 aromatic rings. The second-order valence-electron chi connectivity index (χ2n) is 3.70. The van der Waals surface area contributed by atoms with Crippen molar-refractivity contribution >= 4 is 21.9 Å². The summed E-state index contributed by atoms with van der Waals surface area (Å²) in [4.78, 5) is 7.36. The molecule has 0 amide bonds. The van der Waals surface area contributed by atoms with E-state index >= 15 is 0 Å². The number of alkyl halides is 3. The minimum Gasteiger partial charge on any atom is -0.457 e. The first-order valence-corrected chi connectivity index (χ1v) is 5.60. The standard InChI is InChI=1S/C11H9BrF2O2/c12-11(13,14)10(15)16-9-5-7-3-1-2-4-8(7)6-9/h1-4,9H,5-6H2. The van der Waals surface area contributed by atoms with Crippen LogP contribution in [0.1, 0.15) is 11.1 Å². The summed E-state index contributed by atoms with van der Waals surface area (Å²) in [5.74, 6) is -1.52. The highest BCUT2D eigenvalue weighted by Gasteiger charge is 2.39. The van der Waals surface area contributed by atoms with Crippen LogP contribution in [0.2, 0.25) is 0 Å². The van der Waals surface area contributed by atoms with E-state index in [2.05, 4.69) is 0 Å². The fourth-order valence-corrected chi connectivity index (χ4v) is 1.91. The minimum atomic E-state index is -3.60. The van der Waals surface area contributed by atoms with E-state index < -0.39 is 16.9 Å². The second-order valence-corrected chi connectivity index (χ2v) is 4.70. The van der Waals surface area contributed by atoms with Crippen molar-refractivity contribution in [3.05, 3.63) is 35.4 Å². The molecule has 16 heavy (non-hydrogen) atoms. The highest BCUT2D eigenvalue weighted by Crippen LogP contribution is 2.28. The average Bonchev–Trinajstić information content (AvgIpc) is 2.58. The number of benzene rings is 1. The highest BCUT2D eigenvalue weighted by molar-refractivity contribution is 9.10. The van der Waals surface area contributed by atoms with Crippen LogP contribution in [0.15, 0.2) is 24.3 Å². The van der Waals surface area contributed by atoms with Gasteiger partial charge in [0.15, 0.2) is 0 Å². The fraction of sp³-hybridized carbons (Fsp3) is 0.364. The Morgan fingerprint density at radius 2 is 1.81 bits per heavy atom. The largest absolute Gasteiger partial charge is 0.457 e. The predicted molar refractivity (Wildman–Crippen MR) is 57.6 cm³/mol. The molecule has 0 atom stereocenters. The highest BCUT2D eigenvalue weighted by atomic mass is 79.9. The summed E-state index contributed by atoms with van der Waals surface area (Å²) in [6, 6.07) is 7.58. The zero-order valence-corrected chi connectivity index (χ0v) is 9.84. The summed E-state index contributed by atoms with van der Waals surface area (Å²) in [6.07, 6.45) is 0.532. The van der Waals surface area contributed by atoms with Gasteiger partial charge in [0, 0.05) is 28.8 Å². The third-order valence-corrected chi connectivity index (χ3v) is 2.84. The van der Waals surface area contributed by atoms with Gasteiger partial charge < -0.3 is 4.74 Å². The molecule has 1 aromatic carbocycles. The van der Waals surface area contributed by atoms with Crippen LogP contribution in [0.3, 0.4) is 0 Å². The Bertz CT molecular complexity index is 390. The molecule has 0 heterocycles. The van der Waals surface area contributed by atoms with Gasteiger partial charge in [-0.1, -0.05) is 24.3 Å². The SMILES string of the molecule is O=C(OC1Cc2ccccc2C1)C(F)(F)Br. The van der Waals surface area contributed by atoms with Gasteiger partial charge in [-0.2, -0.15) is 8.78 Å². The molecular weight excluding hydrogens is 282 g/mol. The molecule has 0 N–H and O–H groups in total. The van der Waals surface area contributed by atoms with Crippen LogP contribution in [-0.2, 0) is 22.4 Å². The van der Waals surface area contributed by atoms with Gasteiger partial charge in [-0.15, -0.1) is 0 Å². The lowest BCUT2D eigenvalue weighted by atomic mass is 10.1. The maximum Gasteiger partial charge on any atom is 0.396 e. The Morgan fingerprint density at radius 1 is 1.31 bits per heavy atom. The van der Waals surface area contributed by atoms with Crippen molar-refractivity contribution < 1.29 is 18.3 Å². The van der Waals surface area contributed by atoms with Gasteiger partial charge in [-0.3, -0.25) is 0 Å². The van der Waals surface area contributed by atoms with Crippen molar-refractivity contribution in [3.63, 3.8) is 0 Å². The lowest BCUT2D eigenvalue weighted by Crippen LogP contribution is -2.29. The Kier molecular flexibility index (Phi) is 2.97. The quantitative estimate of drug-likeness (QED) is 0.618. The van der Waals surface area contributed by atoms with Crippen LogP contribution in [0.4, 0.5) is 8.78 Å². The van der Waals surface area contributed by atoms with Crippen molar-refractivity contribution in [2.24, 2.45) is 0 Å². The number of fused-ring (bicyclic) bond motifs is 1. The molecule has 5 heteroatoms. The van der Waals surface area contributed by atoms with Crippen LogP contribution in [0, 0.1) is 0 Å². The van der Waals surface area contributed by atoms with Gasteiger partial charge in [0.1, 0.15) is 6.10 Å². The van der Waals surface area contributed by atoms with Crippen LogP contribution >= 0.6 is 15.9 Å². The first kappa shape index (κ1) is 11.5. The number of hydrogen-bond donors (Lipinski definition) is 0.